The highest BCUT2D eigenvalue weighted by Crippen LogP contribution is 2.40. The average molecular weight is 301 g/mol. The third kappa shape index (κ3) is 2.67. The molecule has 2 fully saturated rings. The Labute approximate surface area is 133 Å². The van der Waals surface area contributed by atoms with Crippen molar-refractivity contribution < 1.29 is 9.53 Å². The van der Waals surface area contributed by atoms with Crippen molar-refractivity contribution in [2.45, 2.75) is 45.4 Å². The van der Waals surface area contributed by atoms with E-state index in [1.165, 1.54) is 12.0 Å². The predicted molar refractivity (Wildman–Crippen MR) is 87.9 cm³/mol. The highest BCUT2D eigenvalue weighted by Gasteiger charge is 2.44. The van der Waals surface area contributed by atoms with Gasteiger partial charge in [-0.25, -0.2) is 0 Å². The van der Waals surface area contributed by atoms with E-state index < -0.39 is 5.41 Å². The van der Waals surface area contributed by atoms with E-state index in [9.17, 15) is 4.79 Å². The van der Waals surface area contributed by atoms with Crippen molar-refractivity contribution in [3.05, 3.63) is 35.4 Å². The van der Waals surface area contributed by atoms with Gasteiger partial charge in [-0.2, -0.15) is 0 Å². The van der Waals surface area contributed by atoms with Gasteiger partial charge in [-0.05, 0) is 51.2 Å². The molecular formula is C19H27NO2. The average Bonchev–Trinajstić information content (AvgIpc) is 2.91. The van der Waals surface area contributed by atoms with Crippen LogP contribution in [0.2, 0.25) is 0 Å². The van der Waals surface area contributed by atoms with Gasteiger partial charge >= 0.3 is 0 Å². The number of hydrogen-bond donors (Lipinski definition) is 0. The zero-order chi connectivity index (χ0) is 15.8. The summed E-state index contributed by atoms with van der Waals surface area (Å²) in [4.78, 5) is 15.2. The number of rotatable bonds is 2. The van der Waals surface area contributed by atoms with Crippen LogP contribution in [0.5, 0.6) is 0 Å². The molecular weight excluding hydrogens is 274 g/mol. The summed E-state index contributed by atoms with van der Waals surface area (Å²) in [5.74, 6) is 0.254. The third-order valence-electron chi connectivity index (χ3n) is 5.48. The van der Waals surface area contributed by atoms with Crippen molar-refractivity contribution in [3.8, 4) is 0 Å². The van der Waals surface area contributed by atoms with Crippen molar-refractivity contribution >= 4 is 5.91 Å². The first-order valence-corrected chi connectivity index (χ1v) is 8.38. The molecule has 2 aliphatic heterocycles. The minimum absolute atomic E-state index is 0.218. The van der Waals surface area contributed by atoms with E-state index in [2.05, 4.69) is 37.8 Å². The molecule has 0 radical (unpaired) electrons. The van der Waals surface area contributed by atoms with Gasteiger partial charge in [0.15, 0.2) is 0 Å². The normalized spacial score (nSPS) is 25.7. The predicted octanol–water partition coefficient (Wildman–Crippen LogP) is 3.30. The molecule has 0 N–H and O–H groups in total. The Morgan fingerprint density at radius 1 is 1.27 bits per heavy atom. The van der Waals surface area contributed by atoms with Crippen LogP contribution >= 0.6 is 0 Å². The molecule has 0 saturated carbocycles. The molecule has 1 atom stereocenters. The Hall–Kier alpha value is -1.35. The molecule has 120 valence electrons. The van der Waals surface area contributed by atoms with Gasteiger partial charge < -0.3 is 9.64 Å². The summed E-state index contributed by atoms with van der Waals surface area (Å²) >= 11 is 0. The standard InChI is InChI=1S/C19H27NO2/c1-15-7-4-5-8-16(15)18(2,3)17(21)20-11-10-19(13-20)9-6-12-22-14-19/h4-5,7-8H,6,9-14H2,1-3H3. The Kier molecular flexibility index (Phi) is 4.02. The summed E-state index contributed by atoms with van der Waals surface area (Å²) in [5.41, 5.74) is 2.08. The highest BCUT2D eigenvalue weighted by molar-refractivity contribution is 5.88. The molecule has 1 aromatic rings. The molecule has 1 spiro atoms. The van der Waals surface area contributed by atoms with E-state index in [4.69, 9.17) is 4.74 Å². The first-order chi connectivity index (χ1) is 10.4. The van der Waals surface area contributed by atoms with Crippen molar-refractivity contribution in [3.63, 3.8) is 0 Å². The lowest BCUT2D eigenvalue weighted by atomic mass is 9.80. The van der Waals surface area contributed by atoms with Gasteiger partial charge in [-0.15, -0.1) is 0 Å². The molecule has 22 heavy (non-hydrogen) atoms. The molecule has 2 aliphatic rings. The topological polar surface area (TPSA) is 29.5 Å². The molecule has 3 nitrogen and oxygen atoms in total. The van der Waals surface area contributed by atoms with Crippen LogP contribution in [0.1, 0.15) is 44.2 Å². The van der Waals surface area contributed by atoms with E-state index in [0.29, 0.717) is 0 Å². The fourth-order valence-corrected chi connectivity index (χ4v) is 4.13. The van der Waals surface area contributed by atoms with Gasteiger partial charge in [-0.1, -0.05) is 24.3 Å². The summed E-state index contributed by atoms with van der Waals surface area (Å²) in [5, 5.41) is 0. The Bertz CT molecular complexity index is 558. The van der Waals surface area contributed by atoms with E-state index in [1.54, 1.807) is 0 Å². The van der Waals surface area contributed by atoms with Crippen molar-refractivity contribution in [2.24, 2.45) is 5.41 Å². The number of carbonyl (C=O) groups excluding carboxylic acids is 1. The quantitative estimate of drug-likeness (QED) is 0.839. The van der Waals surface area contributed by atoms with Crippen LogP contribution in [-0.4, -0.2) is 37.1 Å². The lowest BCUT2D eigenvalue weighted by Gasteiger charge is -2.35. The zero-order valence-corrected chi connectivity index (χ0v) is 14.0. The fourth-order valence-electron chi connectivity index (χ4n) is 4.13. The molecule has 1 amide bonds. The number of amides is 1. The van der Waals surface area contributed by atoms with Crippen molar-refractivity contribution in [2.75, 3.05) is 26.3 Å². The highest BCUT2D eigenvalue weighted by atomic mass is 16.5. The van der Waals surface area contributed by atoms with Crippen molar-refractivity contribution in [1.82, 2.24) is 4.90 Å². The second-order valence-electron chi connectivity index (χ2n) is 7.57. The number of nitrogens with zero attached hydrogens (tertiary/aromatic N) is 1. The molecule has 2 heterocycles. The lowest BCUT2D eigenvalue weighted by molar-refractivity contribution is -0.136. The van der Waals surface area contributed by atoms with E-state index in [0.717, 1.165) is 44.7 Å². The molecule has 1 unspecified atom stereocenters. The summed E-state index contributed by atoms with van der Waals surface area (Å²) in [6.07, 6.45) is 3.41. The Balaban J connectivity index is 1.78. The number of ether oxygens (including phenoxy) is 1. The summed E-state index contributed by atoms with van der Waals surface area (Å²) in [7, 11) is 0. The maximum Gasteiger partial charge on any atom is 0.232 e. The SMILES string of the molecule is Cc1ccccc1C(C)(C)C(=O)N1CCC2(CCCOC2)C1. The number of carbonyl (C=O) groups is 1. The fraction of sp³-hybridized carbons (Fsp3) is 0.632. The Morgan fingerprint density at radius 3 is 2.73 bits per heavy atom. The summed E-state index contributed by atoms with van der Waals surface area (Å²) in [6, 6.07) is 8.23. The largest absolute Gasteiger partial charge is 0.381 e. The minimum atomic E-state index is -0.466. The maximum absolute atomic E-state index is 13.1. The van der Waals surface area contributed by atoms with Crippen LogP contribution in [-0.2, 0) is 14.9 Å². The van der Waals surface area contributed by atoms with Gasteiger partial charge in [0.25, 0.3) is 0 Å². The van der Waals surface area contributed by atoms with Crippen LogP contribution in [0.15, 0.2) is 24.3 Å². The van der Waals surface area contributed by atoms with Crippen LogP contribution in [0.3, 0.4) is 0 Å². The summed E-state index contributed by atoms with van der Waals surface area (Å²) in [6.45, 7) is 9.63. The smallest absolute Gasteiger partial charge is 0.232 e. The molecule has 0 aliphatic carbocycles. The second kappa shape index (κ2) is 5.69. The first-order valence-electron chi connectivity index (χ1n) is 8.38. The number of aryl methyl sites for hydroxylation is 1. The third-order valence-corrected chi connectivity index (χ3v) is 5.48. The lowest BCUT2D eigenvalue weighted by Crippen LogP contribution is -2.44. The van der Waals surface area contributed by atoms with Gasteiger partial charge in [0.05, 0.1) is 12.0 Å². The number of benzene rings is 1. The minimum Gasteiger partial charge on any atom is -0.381 e. The van der Waals surface area contributed by atoms with E-state index in [-0.39, 0.29) is 11.3 Å². The van der Waals surface area contributed by atoms with Gasteiger partial charge in [0.2, 0.25) is 5.91 Å². The molecule has 1 aromatic carbocycles. The maximum atomic E-state index is 13.1. The molecule has 0 bridgehead atoms. The first kappa shape index (κ1) is 15.5. The number of likely N-dealkylation sites (tertiary alicyclic amines) is 1. The Morgan fingerprint density at radius 2 is 2.05 bits per heavy atom. The number of hydrogen-bond acceptors (Lipinski definition) is 2. The summed E-state index contributed by atoms with van der Waals surface area (Å²) < 4.78 is 5.69. The van der Waals surface area contributed by atoms with Crippen LogP contribution in [0.4, 0.5) is 0 Å². The zero-order valence-electron chi connectivity index (χ0n) is 14.0. The monoisotopic (exact) mass is 301 g/mol. The molecule has 3 heteroatoms. The van der Waals surface area contributed by atoms with Gasteiger partial charge in [0, 0.05) is 25.1 Å². The molecule has 3 rings (SSSR count). The van der Waals surface area contributed by atoms with Crippen LogP contribution in [0, 0.1) is 12.3 Å². The van der Waals surface area contributed by atoms with Gasteiger partial charge in [-0.3, -0.25) is 4.79 Å². The van der Waals surface area contributed by atoms with Crippen molar-refractivity contribution in [1.29, 1.82) is 0 Å². The molecule has 0 aromatic heterocycles. The molecule has 2 saturated heterocycles. The van der Waals surface area contributed by atoms with Crippen LogP contribution < -0.4 is 0 Å². The van der Waals surface area contributed by atoms with E-state index >= 15 is 0 Å². The van der Waals surface area contributed by atoms with E-state index in [1.807, 2.05) is 12.1 Å². The second-order valence-corrected chi connectivity index (χ2v) is 7.57. The van der Waals surface area contributed by atoms with Gasteiger partial charge in [0.1, 0.15) is 0 Å². The van der Waals surface area contributed by atoms with Crippen LogP contribution in [0.25, 0.3) is 0 Å².